The maximum absolute atomic E-state index is 13.8. The van der Waals surface area contributed by atoms with Crippen LogP contribution in [-0.2, 0) is 0 Å². The lowest BCUT2D eigenvalue weighted by atomic mass is 10.2. The Morgan fingerprint density at radius 2 is 2.08 bits per heavy atom. The lowest BCUT2D eigenvalue weighted by Crippen LogP contribution is -2.09. The number of rotatable bonds is 4. The van der Waals surface area contributed by atoms with Gasteiger partial charge in [-0.3, -0.25) is 10.1 Å². The number of hydrogen-bond acceptors (Lipinski definition) is 6. The second-order valence-electron chi connectivity index (χ2n) is 4.98. The molecule has 0 saturated carbocycles. The lowest BCUT2D eigenvalue weighted by molar-refractivity contribution is 0.103. The molecule has 0 unspecified atom stereocenters. The highest BCUT2D eigenvalue weighted by atomic mass is 32.1. The third kappa shape index (κ3) is 3.21. The Bertz CT molecular complexity index is 1020. The standard InChI is InChI=1S/C17H10FN3O2S2/c18-11-5-2-1-4-10(11)16-19-8-14(25-16)15(22)21-17-20-12(9-24-17)13-6-3-7-23-13/h1-9H,(H,20,21,22). The molecule has 3 aromatic heterocycles. The second-order valence-corrected chi connectivity index (χ2v) is 6.87. The minimum absolute atomic E-state index is 0.333. The van der Waals surface area contributed by atoms with Crippen molar-refractivity contribution in [3.63, 3.8) is 0 Å². The van der Waals surface area contributed by atoms with Crippen LogP contribution in [0, 0.1) is 5.82 Å². The largest absolute Gasteiger partial charge is 0.463 e. The zero-order valence-corrected chi connectivity index (χ0v) is 14.2. The normalized spacial score (nSPS) is 10.8. The number of amides is 1. The van der Waals surface area contributed by atoms with Gasteiger partial charge in [0.2, 0.25) is 0 Å². The summed E-state index contributed by atoms with van der Waals surface area (Å²) < 4.78 is 19.1. The molecule has 124 valence electrons. The number of benzene rings is 1. The van der Waals surface area contributed by atoms with Gasteiger partial charge in [-0.05, 0) is 24.3 Å². The van der Waals surface area contributed by atoms with E-state index in [2.05, 4.69) is 15.3 Å². The predicted molar refractivity (Wildman–Crippen MR) is 95.3 cm³/mol. The molecule has 0 radical (unpaired) electrons. The number of carbonyl (C=O) groups excluding carboxylic acids is 1. The SMILES string of the molecule is O=C(Nc1nc(-c2ccco2)cs1)c1cnc(-c2ccccc2F)s1. The van der Waals surface area contributed by atoms with Crippen LogP contribution in [0.5, 0.6) is 0 Å². The molecule has 0 atom stereocenters. The van der Waals surface area contributed by atoms with Crippen LogP contribution >= 0.6 is 22.7 Å². The van der Waals surface area contributed by atoms with Gasteiger partial charge in [-0.2, -0.15) is 0 Å². The molecule has 25 heavy (non-hydrogen) atoms. The van der Waals surface area contributed by atoms with Crippen LogP contribution < -0.4 is 5.32 Å². The van der Waals surface area contributed by atoms with Gasteiger partial charge in [-0.25, -0.2) is 14.4 Å². The fourth-order valence-electron chi connectivity index (χ4n) is 2.17. The highest BCUT2D eigenvalue weighted by molar-refractivity contribution is 7.17. The Morgan fingerprint density at radius 3 is 2.88 bits per heavy atom. The average molecular weight is 371 g/mol. The van der Waals surface area contributed by atoms with Crippen molar-refractivity contribution >= 4 is 33.7 Å². The van der Waals surface area contributed by atoms with Crippen LogP contribution in [0.1, 0.15) is 9.67 Å². The highest BCUT2D eigenvalue weighted by Gasteiger charge is 2.16. The summed E-state index contributed by atoms with van der Waals surface area (Å²) >= 11 is 2.42. The fraction of sp³-hybridized carbons (Fsp3) is 0. The van der Waals surface area contributed by atoms with Gasteiger partial charge >= 0.3 is 0 Å². The molecule has 4 aromatic rings. The third-order valence-electron chi connectivity index (χ3n) is 3.33. The Hall–Kier alpha value is -2.84. The van der Waals surface area contributed by atoms with Gasteiger partial charge in [0.25, 0.3) is 5.91 Å². The Labute approximate surface area is 149 Å². The van der Waals surface area contributed by atoms with Gasteiger partial charge in [0.15, 0.2) is 10.9 Å². The Balaban J connectivity index is 1.52. The fourth-order valence-corrected chi connectivity index (χ4v) is 3.70. The van der Waals surface area contributed by atoms with E-state index in [-0.39, 0.29) is 11.7 Å². The summed E-state index contributed by atoms with van der Waals surface area (Å²) in [6, 6.07) is 9.90. The minimum atomic E-state index is -0.369. The van der Waals surface area contributed by atoms with Gasteiger partial charge in [0, 0.05) is 10.9 Å². The molecule has 8 heteroatoms. The van der Waals surface area contributed by atoms with Crippen molar-refractivity contribution in [2.75, 3.05) is 5.32 Å². The number of hydrogen-bond donors (Lipinski definition) is 1. The maximum Gasteiger partial charge on any atom is 0.269 e. The van der Waals surface area contributed by atoms with Crippen molar-refractivity contribution in [2.24, 2.45) is 0 Å². The molecule has 0 aliphatic heterocycles. The van der Waals surface area contributed by atoms with Crippen molar-refractivity contribution in [2.45, 2.75) is 0 Å². The predicted octanol–water partition coefficient (Wildman–Crippen LogP) is 4.92. The summed E-state index contributed by atoms with van der Waals surface area (Å²) in [6.07, 6.45) is 3.00. The Kier molecular flexibility index (Phi) is 4.12. The molecule has 3 heterocycles. The summed E-state index contributed by atoms with van der Waals surface area (Å²) in [5.74, 6) is -0.0661. The molecule has 4 rings (SSSR count). The molecule has 0 bridgehead atoms. The molecular formula is C17H10FN3O2S2. The molecule has 0 aliphatic carbocycles. The third-order valence-corrected chi connectivity index (χ3v) is 5.12. The highest BCUT2D eigenvalue weighted by Crippen LogP contribution is 2.29. The van der Waals surface area contributed by atoms with Crippen molar-refractivity contribution < 1.29 is 13.6 Å². The van der Waals surface area contributed by atoms with Gasteiger partial charge < -0.3 is 4.42 Å². The van der Waals surface area contributed by atoms with Crippen LogP contribution in [0.25, 0.3) is 22.0 Å². The van der Waals surface area contributed by atoms with E-state index in [0.29, 0.717) is 32.0 Å². The zero-order chi connectivity index (χ0) is 17.2. The average Bonchev–Trinajstić information content (AvgIpc) is 3.36. The summed E-state index contributed by atoms with van der Waals surface area (Å²) in [4.78, 5) is 21.2. The minimum Gasteiger partial charge on any atom is -0.463 e. The Morgan fingerprint density at radius 1 is 1.20 bits per heavy atom. The number of anilines is 1. The van der Waals surface area contributed by atoms with Crippen LogP contribution in [0.4, 0.5) is 9.52 Å². The van der Waals surface area contributed by atoms with Crippen molar-refractivity contribution in [3.05, 3.63) is 64.9 Å². The first-order chi connectivity index (χ1) is 12.2. The van der Waals surface area contributed by atoms with Crippen molar-refractivity contribution in [1.82, 2.24) is 9.97 Å². The smallest absolute Gasteiger partial charge is 0.269 e. The number of nitrogens with zero attached hydrogens (tertiary/aromatic N) is 2. The summed E-state index contributed by atoms with van der Waals surface area (Å²) in [5, 5.41) is 5.43. The van der Waals surface area contributed by atoms with Crippen LogP contribution in [0.2, 0.25) is 0 Å². The van der Waals surface area contributed by atoms with Crippen molar-refractivity contribution in [1.29, 1.82) is 0 Å². The van der Waals surface area contributed by atoms with Gasteiger partial charge in [0.05, 0.1) is 12.5 Å². The molecule has 1 amide bonds. The zero-order valence-electron chi connectivity index (χ0n) is 12.6. The molecule has 0 saturated heterocycles. The van der Waals surface area contributed by atoms with Gasteiger partial charge in [-0.15, -0.1) is 22.7 Å². The number of furan rings is 1. The van der Waals surface area contributed by atoms with E-state index in [9.17, 15) is 9.18 Å². The van der Waals surface area contributed by atoms with Crippen LogP contribution in [-0.4, -0.2) is 15.9 Å². The first-order valence-electron chi connectivity index (χ1n) is 7.22. The molecule has 0 spiro atoms. The van der Waals surface area contributed by atoms with Gasteiger partial charge in [-0.1, -0.05) is 12.1 Å². The quantitative estimate of drug-likeness (QED) is 0.553. The topological polar surface area (TPSA) is 68.0 Å². The number of carbonyl (C=O) groups is 1. The summed E-state index contributed by atoms with van der Waals surface area (Å²) in [5.41, 5.74) is 1.03. The molecule has 1 N–H and O–H groups in total. The maximum atomic E-state index is 13.8. The first kappa shape index (κ1) is 15.7. The molecule has 0 fully saturated rings. The molecule has 5 nitrogen and oxygen atoms in total. The first-order valence-corrected chi connectivity index (χ1v) is 8.92. The van der Waals surface area contributed by atoms with E-state index < -0.39 is 0 Å². The number of halogens is 1. The van der Waals surface area contributed by atoms with E-state index in [4.69, 9.17) is 4.42 Å². The van der Waals surface area contributed by atoms with Crippen LogP contribution in [0.15, 0.2) is 58.7 Å². The number of thiazole rings is 2. The van der Waals surface area contributed by atoms with E-state index >= 15 is 0 Å². The number of nitrogens with one attached hydrogen (secondary N) is 1. The van der Waals surface area contributed by atoms with E-state index in [1.165, 1.54) is 23.6 Å². The van der Waals surface area contributed by atoms with E-state index in [1.54, 1.807) is 42.0 Å². The number of aromatic nitrogens is 2. The lowest BCUT2D eigenvalue weighted by Gasteiger charge is -1.98. The molecular weight excluding hydrogens is 361 g/mol. The molecule has 1 aromatic carbocycles. The second kappa shape index (κ2) is 6.58. The summed E-state index contributed by atoms with van der Waals surface area (Å²) in [7, 11) is 0. The van der Waals surface area contributed by atoms with Crippen molar-refractivity contribution in [3.8, 4) is 22.0 Å². The summed E-state index contributed by atoms with van der Waals surface area (Å²) in [6.45, 7) is 0. The van der Waals surface area contributed by atoms with E-state index in [1.807, 2.05) is 0 Å². The van der Waals surface area contributed by atoms with E-state index in [0.717, 1.165) is 11.3 Å². The van der Waals surface area contributed by atoms with Crippen LogP contribution in [0.3, 0.4) is 0 Å². The molecule has 0 aliphatic rings. The monoisotopic (exact) mass is 371 g/mol. The van der Waals surface area contributed by atoms with Gasteiger partial charge in [0.1, 0.15) is 21.4 Å².